The number of halogens is 1. The first-order valence-electron chi connectivity index (χ1n) is 6.46. The van der Waals surface area contributed by atoms with E-state index in [0.717, 1.165) is 35.2 Å². The molecule has 0 amide bonds. The lowest BCUT2D eigenvalue weighted by Crippen LogP contribution is -2.03. The summed E-state index contributed by atoms with van der Waals surface area (Å²) in [7, 11) is 0. The number of aromatic nitrogens is 1. The van der Waals surface area contributed by atoms with E-state index in [1.165, 1.54) is 6.07 Å². The van der Waals surface area contributed by atoms with Crippen molar-refractivity contribution in [2.75, 3.05) is 11.9 Å². The van der Waals surface area contributed by atoms with Crippen LogP contribution in [-0.2, 0) is 0 Å². The number of benzene rings is 1. The Labute approximate surface area is 107 Å². The monoisotopic (exact) mass is 246 g/mol. The predicted molar refractivity (Wildman–Crippen MR) is 74.6 cm³/mol. The number of anilines is 1. The Hall–Kier alpha value is -1.64. The fourth-order valence-electron chi connectivity index (χ4n) is 1.92. The molecule has 0 fully saturated rings. The molecule has 0 aliphatic carbocycles. The molecule has 3 heteroatoms. The average molecular weight is 246 g/mol. The van der Waals surface area contributed by atoms with Crippen molar-refractivity contribution in [3.05, 3.63) is 35.8 Å². The van der Waals surface area contributed by atoms with Crippen LogP contribution in [0.2, 0.25) is 0 Å². The Morgan fingerprint density at radius 3 is 2.72 bits per heavy atom. The van der Waals surface area contributed by atoms with Crippen LogP contribution in [0.25, 0.3) is 10.9 Å². The van der Waals surface area contributed by atoms with Gasteiger partial charge in [0.1, 0.15) is 5.82 Å². The second-order valence-electron chi connectivity index (χ2n) is 4.84. The third-order valence-electron chi connectivity index (χ3n) is 2.95. The van der Waals surface area contributed by atoms with E-state index in [0.29, 0.717) is 5.92 Å². The Morgan fingerprint density at radius 2 is 2.06 bits per heavy atom. The van der Waals surface area contributed by atoms with Gasteiger partial charge in [-0.2, -0.15) is 0 Å². The minimum absolute atomic E-state index is 0.221. The summed E-state index contributed by atoms with van der Waals surface area (Å²) in [5.41, 5.74) is 2.86. The van der Waals surface area contributed by atoms with Crippen LogP contribution < -0.4 is 5.32 Å². The molecule has 0 saturated carbocycles. The minimum atomic E-state index is -0.221. The van der Waals surface area contributed by atoms with Crippen LogP contribution >= 0.6 is 0 Å². The van der Waals surface area contributed by atoms with Gasteiger partial charge < -0.3 is 5.32 Å². The van der Waals surface area contributed by atoms with E-state index in [1.807, 2.05) is 6.07 Å². The summed E-state index contributed by atoms with van der Waals surface area (Å²) >= 11 is 0. The normalized spacial score (nSPS) is 11.2. The SMILES string of the molecule is CCCNc1cc(C(C)C)nc2ccc(F)cc12. The molecule has 0 spiro atoms. The molecule has 0 radical (unpaired) electrons. The molecule has 2 rings (SSSR count). The molecule has 2 aromatic rings. The molecule has 1 aromatic carbocycles. The molecular weight excluding hydrogens is 227 g/mol. The summed E-state index contributed by atoms with van der Waals surface area (Å²) in [5, 5.41) is 4.21. The molecule has 0 atom stereocenters. The van der Waals surface area contributed by atoms with Gasteiger partial charge >= 0.3 is 0 Å². The summed E-state index contributed by atoms with van der Waals surface area (Å²) < 4.78 is 13.3. The fraction of sp³-hybridized carbons (Fsp3) is 0.400. The summed E-state index contributed by atoms with van der Waals surface area (Å²) in [6.07, 6.45) is 1.04. The molecule has 0 aliphatic rings. The van der Waals surface area contributed by atoms with Crippen LogP contribution in [0.15, 0.2) is 24.3 Å². The second kappa shape index (κ2) is 5.34. The van der Waals surface area contributed by atoms with E-state index in [4.69, 9.17) is 0 Å². The van der Waals surface area contributed by atoms with Crippen LogP contribution in [0.1, 0.15) is 38.8 Å². The van der Waals surface area contributed by atoms with Gasteiger partial charge in [-0.05, 0) is 36.6 Å². The Morgan fingerprint density at radius 1 is 1.28 bits per heavy atom. The predicted octanol–water partition coefficient (Wildman–Crippen LogP) is 4.32. The molecule has 1 aromatic heterocycles. The Bertz CT molecular complexity index is 549. The number of rotatable bonds is 4. The number of nitrogens with zero attached hydrogens (tertiary/aromatic N) is 1. The standard InChI is InChI=1S/C15H19FN2/c1-4-7-17-15-9-14(10(2)3)18-13-6-5-11(16)8-12(13)15/h5-6,8-10H,4,7H2,1-3H3,(H,17,18). The zero-order chi connectivity index (χ0) is 13.1. The number of nitrogens with one attached hydrogen (secondary N) is 1. The van der Waals surface area contributed by atoms with Gasteiger partial charge in [0, 0.05) is 23.3 Å². The second-order valence-corrected chi connectivity index (χ2v) is 4.84. The van der Waals surface area contributed by atoms with E-state index in [1.54, 1.807) is 12.1 Å². The summed E-state index contributed by atoms with van der Waals surface area (Å²) in [6, 6.07) is 6.78. The van der Waals surface area contributed by atoms with E-state index < -0.39 is 0 Å². The topological polar surface area (TPSA) is 24.9 Å². The van der Waals surface area contributed by atoms with Crippen LogP contribution in [0.3, 0.4) is 0 Å². The van der Waals surface area contributed by atoms with Crippen molar-refractivity contribution < 1.29 is 4.39 Å². The molecule has 0 saturated heterocycles. The summed E-state index contributed by atoms with van der Waals surface area (Å²) in [6.45, 7) is 7.22. The highest BCUT2D eigenvalue weighted by atomic mass is 19.1. The minimum Gasteiger partial charge on any atom is -0.384 e. The van der Waals surface area contributed by atoms with Crippen LogP contribution in [-0.4, -0.2) is 11.5 Å². The van der Waals surface area contributed by atoms with Crippen molar-refractivity contribution in [3.8, 4) is 0 Å². The maximum Gasteiger partial charge on any atom is 0.124 e. The third-order valence-corrected chi connectivity index (χ3v) is 2.95. The van der Waals surface area contributed by atoms with Gasteiger partial charge in [0.25, 0.3) is 0 Å². The summed E-state index contributed by atoms with van der Waals surface area (Å²) in [4.78, 5) is 4.58. The van der Waals surface area contributed by atoms with E-state index in [2.05, 4.69) is 31.1 Å². The first-order valence-corrected chi connectivity index (χ1v) is 6.46. The maximum absolute atomic E-state index is 13.3. The van der Waals surface area contributed by atoms with Crippen molar-refractivity contribution in [3.63, 3.8) is 0 Å². The van der Waals surface area contributed by atoms with E-state index >= 15 is 0 Å². The maximum atomic E-state index is 13.3. The molecule has 0 bridgehead atoms. The van der Waals surface area contributed by atoms with Crippen molar-refractivity contribution in [1.29, 1.82) is 0 Å². The van der Waals surface area contributed by atoms with Gasteiger partial charge in [0.15, 0.2) is 0 Å². The number of hydrogen-bond acceptors (Lipinski definition) is 2. The highest BCUT2D eigenvalue weighted by molar-refractivity contribution is 5.91. The molecular formula is C15H19FN2. The van der Waals surface area contributed by atoms with Crippen molar-refractivity contribution >= 4 is 16.6 Å². The number of pyridine rings is 1. The van der Waals surface area contributed by atoms with Crippen molar-refractivity contribution in [1.82, 2.24) is 4.98 Å². The number of hydrogen-bond donors (Lipinski definition) is 1. The molecule has 96 valence electrons. The van der Waals surface area contributed by atoms with Gasteiger partial charge in [-0.15, -0.1) is 0 Å². The molecule has 1 N–H and O–H groups in total. The number of fused-ring (bicyclic) bond motifs is 1. The first kappa shape index (κ1) is 12.8. The Balaban J connectivity index is 2.57. The van der Waals surface area contributed by atoms with Crippen molar-refractivity contribution in [2.45, 2.75) is 33.1 Å². The van der Waals surface area contributed by atoms with Crippen molar-refractivity contribution in [2.24, 2.45) is 0 Å². The van der Waals surface area contributed by atoms with E-state index in [9.17, 15) is 4.39 Å². The van der Waals surface area contributed by atoms with Crippen LogP contribution in [0.4, 0.5) is 10.1 Å². The van der Waals surface area contributed by atoms with Gasteiger partial charge in [-0.1, -0.05) is 20.8 Å². The quantitative estimate of drug-likeness (QED) is 0.869. The van der Waals surface area contributed by atoms with Gasteiger partial charge in [0.2, 0.25) is 0 Å². The first-order chi connectivity index (χ1) is 8.61. The smallest absolute Gasteiger partial charge is 0.124 e. The van der Waals surface area contributed by atoms with Gasteiger partial charge in [-0.25, -0.2) is 4.39 Å². The van der Waals surface area contributed by atoms with Gasteiger partial charge in [0.05, 0.1) is 5.52 Å². The third kappa shape index (κ3) is 2.61. The lowest BCUT2D eigenvalue weighted by atomic mass is 10.1. The average Bonchev–Trinajstić information content (AvgIpc) is 2.35. The highest BCUT2D eigenvalue weighted by Gasteiger charge is 2.09. The largest absolute Gasteiger partial charge is 0.384 e. The van der Waals surface area contributed by atoms with Crippen LogP contribution in [0.5, 0.6) is 0 Å². The highest BCUT2D eigenvalue weighted by Crippen LogP contribution is 2.27. The molecule has 1 heterocycles. The lowest BCUT2D eigenvalue weighted by molar-refractivity contribution is 0.629. The zero-order valence-electron chi connectivity index (χ0n) is 11.1. The molecule has 2 nitrogen and oxygen atoms in total. The Kier molecular flexibility index (Phi) is 3.80. The molecule has 0 unspecified atom stereocenters. The molecule has 18 heavy (non-hydrogen) atoms. The van der Waals surface area contributed by atoms with E-state index in [-0.39, 0.29) is 5.82 Å². The summed E-state index contributed by atoms with van der Waals surface area (Å²) in [5.74, 6) is 0.141. The molecule has 0 aliphatic heterocycles. The zero-order valence-corrected chi connectivity index (χ0v) is 11.1. The van der Waals surface area contributed by atoms with Gasteiger partial charge in [-0.3, -0.25) is 4.98 Å². The van der Waals surface area contributed by atoms with Crippen LogP contribution in [0, 0.1) is 5.82 Å². The fourth-order valence-corrected chi connectivity index (χ4v) is 1.92. The lowest BCUT2D eigenvalue weighted by Gasteiger charge is -2.13.